The Balaban J connectivity index is 1.89. The van der Waals surface area contributed by atoms with E-state index in [9.17, 15) is 4.79 Å². The highest BCUT2D eigenvalue weighted by Crippen LogP contribution is 2.19. The topological polar surface area (TPSA) is 67.3 Å². The van der Waals surface area contributed by atoms with Crippen molar-refractivity contribution in [3.05, 3.63) is 23.2 Å². The maximum absolute atomic E-state index is 11.8. The zero-order valence-electron chi connectivity index (χ0n) is 14.0. The summed E-state index contributed by atoms with van der Waals surface area (Å²) in [5, 5.41) is 3.14. The Hall–Kier alpha value is -1.40. The van der Waals surface area contributed by atoms with Gasteiger partial charge in [-0.05, 0) is 57.8 Å². The number of carbonyl (C=O) groups is 1. The molecule has 1 saturated heterocycles. The summed E-state index contributed by atoms with van der Waals surface area (Å²) in [5.41, 5.74) is 0.419. The molecule has 23 heavy (non-hydrogen) atoms. The molecule has 7 heteroatoms. The SMILES string of the molecule is CC(C)(C)OC(=O)NCC1CCCCN1Cc1ccnc(Cl)n1. The molecule has 0 saturated carbocycles. The Morgan fingerprint density at radius 3 is 2.96 bits per heavy atom. The largest absolute Gasteiger partial charge is 0.444 e. The van der Waals surface area contributed by atoms with Crippen molar-refractivity contribution in [3.63, 3.8) is 0 Å². The molecule has 1 aromatic rings. The monoisotopic (exact) mass is 340 g/mol. The van der Waals surface area contributed by atoms with Gasteiger partial charge < -0.3 is 10.1 Å². The summed E-state index contributed by atoms with van der Waals surface area (Å²) >= 11 is 5.85. The van der Waals surface area contributed by atoms with Gasteiger partial charge in [-0.3, -0.25) is 4.90 Å². The van der Waals surface area contributed by atoms with Crippen molar-refractivity contribution in [1.82, 2.24) is 20.2 Å². The van der Waals surface area contributed by atoms with E-state index < -0.39 is 5.60 Å². The van der Waals surface area contributed by atoms with Crippen molar-refractivity contribution in [2.24, 2.45) is 0 Å². The van der Waals surface area contributed by atoms with Crippen LogP contribution in [0.25, 0.3) is 0 Å². The number of nitrogens with one attached hydrogen (secondary N) is 1. The van der Waals surface area contributed by atoms with E-state index in [0.717, 1.165) is 25.1 Å². The van der Waals surface area contributed by atoms with Gasteiger partial charge in [0, 0.05) is 25.3 Å². The zero-order chi connectivity index (χ0) is 16.9. The van der Waals surface area contributed by atoms with Crippen molar-refractivity contribution in [1.29, 1.82) is 0 Å². The zero-order valence-corrected chi connectivity index (χ0v) is 14.8. The van der Waals surface area contributed by atoms with Gasteiger partial charge in [-0.2, -0.15) is 0 Å². The van der Waals surface area contributed by atoms with Crippen LogP contribution < -0.4 is 5.32 Å². The molecule has 0 bridgehead atoms. The lowest BCUT2D eigenvalue weighted by Gasteiger charge is -2.35. The minimum absolute atomic E-state index is 0.267. The lowest BCUT2D eigenvalue weighted by Crippen LogP contribution is -2.47. The number of amides is 1. The third-order valence-corrected chi connectivity index (χ3v) is 3.86. The normalized spacial score (nSPS) is 19.4. The lowest BCUT2D eigenvalue weighted by molar-refractivity contribution is 0.0491. The van der Waals surface area contributed by atoms with Crippen molar-refractivity contribution in [3.8, 4) is 0 Å². The van der Waals surface area contributed by atoms with Crippen LogP contribution in [0, 0.1) is 0 Å². The molecule has 1 aliphatic rings. The van der Waals surface area contributed by atoms with Gasteiger partial charge in [-0.15, -0.1) is 0 Å². The molecule has 1 aliphatic heterocycles. The summed E-state index contributed by atoms with van der Waals surface area (Å²) in [6.07, 6.45) is 4.67. The van der Waals surface area contributed by atoms with E-state index in [1.807, 2.05) is 26.8 Å². The fraction of sp³-hybridized carbons (Fsp3) is 0.688. The molecular weight excluding hydrogens is 316 g/mol. The third kappa shape index (κ3) is 6.31. The van der Waals surface area contributed by atoms with E-state index in [0.29, 0.717) is 13.1 Å². The Morgan fingerprint density at radius 1 is 1.48 bits per heavy atom. The van der Waals surface area contributed by atoms with Crippen LogP contribution >= 0.6 is 11.6 Å². The predicted molar refractivity (Wildman–Crippen MR) is 89.3 cm³/mol. The first kappa shape index (κ1) is 17.9. The van der Waals surface area contributed by atoms with Crippen LogP contribution in [-0.4, -0.2) is 45.7 Å². The van der Waals surface area contributed by atoms with Gasteiger partial charge in [-0.25, -0.2) is 14.8 Å². The molecular formula is C16H25ClN4O2. The molecule has 1 N–H and O–H groups in total. The van der Waals surface area contributed by atoms with Gasteiger partial charge in [0.15, 0.2) is 0 Å². The van der Waals surface area contributed by atoms with Crippen LogP contribution in [0.1, 0.15) is 45.7 Å². The van der Waals surface area contributed by atoms with Gasteiger partial charge in [0.2, 0.25) is 5.28 Å². The summed E-state index contributed by atoms with van der Waals surface area (Å²) in [7, 11) is 0. The van der Waals surface area contributed by atoms with Gasteiger partial charge in [0.05, 0.1) is 5.69 Å². The summed E-state index contributed by atoms with van der Waals surface area (Å²) in [5.74, 6) is 0. The number of rotatable bonds is 4. The second-order valence-corrected chi connectivity index (χ2v) is 7.16. The van der Waals surface area contributed by atoms with Gasteiger partial charge in [0.1, 0.15) is 5.60 Å². The van der Waals surface area contributed by atoms with Crippen LogP contribution in [0.4, 0.5) is 4.79 Å². The molecule has 1 fully saturated rings. The molecule has 1 aromatic heterocycles. The summed E-state index contributed by atoms with van der Waals surface area (Å²) in [6.45, 7) is 7.86. The van der Waals surface area contributed by atoms with E-state index in [1.165, 1.54) is 6.42 Å². The Labute approximate surface area is 142 Å². The smallest absolute Gasteiger partial charge is 0.407 e. The van der Waals surface area contributed by atoms with Crippen LogP contribution in [0.2, 0.25) is 5.28 Å². The molecule has 0 aromatic carbocycles. The van der Waals surface area contributed by atoms with Gasteiger partial charge in [-0.1, -0.05) is 6.42 Å². The second kappa shape index (κ2) is 7.93. The number of hydrogen-bond donors (Lipinski definition) is 1. The third-order valence-electron chi connectivity index (χ3n) is 3.68. The molecule has 2 heterocycles. The molecule has 0 spiro atoms. The Morgan fingerprint density at radius 2 is 2.26 bits per heavy atom. The van der Waals surface area contributed by atoms with E-state index in [1.54, 1.807) is 6.20 Å². The van der Waals surface area contributed by atoms with Crippen molar-refractivity contribution in [2.75, 3.05) is 13.1 Å². The molecule has 128 valence electrons. The lowest BCUT2D eigenvalue weighted by atomic mass is 10.0. The van der Waals surface area contributed by atoms with Gasteiger partial charge >= 0.3 is 6.09 Å². The van der Waals surface area contributed by atoms with E-state index in [2.05, 4.69) is 20.2 Å². The standard InChI is InChI=1S/C16H25ClN4O2/c1-16(2,3)23-15(22)19-10-13-6-4-5-9-21(13)11-12-7-8-18-14(17)20-12/h7-8,13H,4-6,9-11H2,1-3H3,(H,19,22). The number of alkyl carbamates (subject to hydrolysis) is 1. The number of halogens is 1. The fourth-order valence-electron chi connectivity index (χ4n) is 2.68. The predicted octanol–water partition coefficient (Wildman–Crippen LogP) is 3.01. The number of piperidine rings is 1. The van der Waals surface area contributed by atoms with Crippen LogP contribution in [0.5, 0.6) is 0 Å². The fourth-order valence-corrected chi connectivity index (χ4v) is 2.85. The summed E-state index contributed by atoms with van der Waals surface area (Å²) in [6, 6.07) is 2.16. The highest BCUT2D eigenvalue weighted by atomic mass is 35.5. The first-order valence-electron chi connectivity index (χ1n) is 8.02. The number of carbonyl (C=O) groups excluding carboxylic acids is 1. The van der Waals surface area contributed by atoms with Crippen LogP contribution in [0.15, 0.2) is 12.3 Å². The van der Waals surface area contributed by atoms with Crippen molar-refractivity contribution < 1.29 is 9.53 Å². The highest BCUT2D eigenvalue weighted by molar-refractivity contribution is 6.28. The molecule has 0 aliphatic carbocycles. The number of nitrogens with zero attached hydrogens (tertiary/aromatic N) is 3. The molecule has 1 unspecified atom stereocenters. The van der Waals surface area contributed by atoms with Crippen molar-refractivity contribution >= 4 is 17.7 Å². The first-order chi connectivity index (χ1) is 10.8. The Kier molecular flexibility index (Phi) is 6.18. The minimum Gasteiger partial charge on any atom is -0.444 e. The number of hydrogen-bond acceptors (Lipinski definition) is 5. The van der Waals surface area contributed by atoms with E-state index in [-0.39, 0.29) is 17.4 Å². The highest BCUT2D eigenvalue weighted by Gasteiger charge is 2.24. The van der Waals surface area contributed by atoms with Crippen LogP contribution in [0.3, 0.4) is 0 Å². The second-order valence-electron chi connectivity index (χ2n) is 6.82. The number of aromatic nitrogens is 2. The molecule has 0 radical (unpaired) electrons. The summed E-state index contributed by atoms with van der Waals surface area (Å²) < 4.78 is 5.29. The first-order valence-corrected chi connectivity index (χ1v) is 8.39. The minimum atomic E-state index is -0.478. The van der Waals surface area contributed by atoms with Gasteiger partial charge in [0.25, 0.3) is 0 Å². The molecule has 1 amide bonds. The quantitative estimate of drug-likeness (QED) is 0.853. The van der Waals surface area contributed by atoms with E-state index in [4.69, 9.17) is 16.3 Å². The Bertz CT molecular complexity index is 533. The maximum Gasteiger partial charge on any atom is 0.407 e. The summed E-state index contributed by atoms with van der Waals surface area (Å²) in [4.78, 5) is 22.3. The number of likely N-dealkylation sites (tertiary alicyclic amines) is 1. The van der Waals surface area contributed by atoms with Crippen LogP contribution in [-0.2, 0) is 11.3 Å². The average Bonchev–Trinajstić information content (AvgIpc) is 2.44. The number of ether oxygens (including phenoxy) is 1. The average molecular weight is 341 g/mol. The molecule has 6 nitrogen and oxygen atoms in total. The van der Waals surface area contributed by atoms with Crippen molar-refractivity contribution in [2.45, 2.75) is 58.2 Å². The molecule has 1 atom stereocenters. The molecule has 2 rings (SSSR count). The van der Waals surface area contributed by atoms with E-state index >= 15 is 0 Å². The maximum atomic E-state index is 11.8.